The van der Waals surface area contributed by atoms with Gasteiger partial charge in [0, 0.05) is 18.6 Å². The Kier molecular flexibility index (Phi) is 13.9. The number of nitrogens with zero attached hydrogens (tertiary/aromatic N) is 2. The molecule has 0 aromatic carbocycles. The van der Waals surface area contributed by atoms with Gasteiger partial charge in [-0.05, 0) is 65.1 Å². The number of aromatic nitrogens is 1. The standard InChI is InChI=1S/C28H48N2O13/c1-16-23(35)27(39)24(36)17(41-16)7-5-13-29(14-6-8-18-25(37)28(40)26(38)19(15-31)42-18)12-4-2-3-9-22(34)43-30-20(32)10-11-21(30)33/h10-11,16-19,23-28,31-33,35-40H,2-9,12-15H2,1H3. The number of unbranched alkanes of at least 4 members (excludes halogenated alkanes) is 2. The van der Waals surface area contributed by atoms with Gasteiger partial charge in [0.05, 0.1) is 24.9 Å². The molecule has 2 aliphatic heterocycles. The third-order valence-electron chi connectivity index (χ3n) is 8.21. The highest BCUT2D eigenvalue weighted by Gasteiger charge is 2.43. The van der Waals surface area contributed by atoms with Gasteiger partial charge in [-0.2, -0.15) is 0 Å². The molecule has 0 spiro atoms. The van der Waals surface area contributed by atoms with Crippen LogP contribution < -0.4 is 4.84 Å². The van der Waals surface area contributed by atoms with Crippen molar-refractivity contribution in [2.24, 2.45) is 0 Å². The number of aliphatic hydroxyl groups is 7. The average molecular weight is 621 g/mol. The summed E-state index contributed by atoms with van der Waals surface area (Å²) >= 11 is 0. The van der Waals surface area contributed by atoms with Gasteiger partial charge < -0.3 is 65.2 Å². The topological polar surface area (TPSA) is 235 Å². The van der Waals surface area contributed by atoms with Crippen molar-refractivity contribution in [2.45, 2.75) is 119 Å². The molecule has 10 atom stereocenters. The van der Waals surface area contributed by atoms with E-state index in [9.17, 15) is 50.8 Å². The molecule has 2 saturated heterocycles. The van der Waals surface area contributed by atoms with Crippen molar-refractivity contribution in [3.05, 3.63) is 12.1 Å². The lowest BCUT2D eigenvalue weighted by atomic mass is 9.92. The van der Waals surface area contributed by atoms with Gasteiger partial charge in [0.2, 0.25) is 11.8 Å². The fourth-order valence-corrected chi connectivity index (χ4v) is 5.58. The normalized spacial score (nSPS) is 33.1. The van der Waals surface area contributed by atoms with E-state index in [0.717, 1.165) is 6.42 Å². The molecule has 15 nitrogen and oxygen atoms in total. The molecule has 2 fully saturated rings. The van der Waals surface area contributed by atoms with Crippen molar-refractivity contribution in [3.63, 3.8) is 0 Å². The summed E-state index contributed by atoms with van der Waals surface area (Å²) in [6.45, 7) is 3.01. The lowest BCUT2D eigenvalue weighted by Gasteiger charge is -2.40. The number of hydrogen-bond acceptors (Lipinski definition) is 14. The molecule has 3 heterocycles. The van der Waals surface area contributed by atoms with Crippen LogP contribution in [0.2, 0.25) is 0 Å². The van der Waals surface area contributed by atoms with Crippen LogP contribution in [0.25, 0.3) is 0 Å². The quantitative estimate of drug-likeness (QED) is 0.0909. The zero-order valence-electron chi connectivity index (χ0n) is 24.5. The largest absolute Gasteiger partial charge is 0.492 e. The molecule has 15 heteroatoms. The molecule has 0 amide bonds. The number of ether oxygens (including phenoxy) is 2. The summed E-state index contributed by atoms with van der Waals surface area (Å²) in [6, 6.07) is 2.39. The number of rotatable bonds is 16. The molecule has 10 unspecified atom stereocenters. The molecule has 0 bridgehead atoms. The van der Waals surface area contributed by atoms with Crippen LogP contribution in [0, 0.1) is 0 Å². The van der Waals surface area contributed by atoms with E-state index in [1.165, 1.54) is 12.1 Å². The number of carbonyl (C=O) groups is 1. The number of aliphatic hydroxyl groups excluding tert-OH is 7. The summed E-state index contributed by atoms with van der Waals surface area (Å²) in [5.41, 5.74) is 0. The van der Waals surface area contributed by atoms with Crippen molar-refractivity contribution in [3.8, 4) is 11.8 Å². The summed E-state index contributed by atoms with van der Waals surface area (Å²) in [4.78, 5) is 19.2. The second kappa shape index (κ2) is 16.9. The van der Waals surface area contributed by atoms with E-state index >= 15 is 0 Å². The Morgan fingerprint density at radius 1 is 0.744 bits per heavy atom. The second-order valence-corrected chi connectivity index (χ2v) is 11.5. The molecule has 3 rings (SSSR count). The smallest absolute Gasteiger partial charge is 0.333 e. The van der Waals surface area contributed by atoms with E-state index in [1.807, 2.05) is 0 Å². The monoisotopic (exact) mass is 620 g/mol. The maximum Gasteiger partial charge on any atom is 0.333 e. The Hall–Kier alpha value is -2.05. The van der Waals surface area contributed by atoms with Gasteiger partial charge >= 0.3 is 5.97 Å². The van der Waals surface area contributed by atoms with Gasteiger partial charge in [0.1, 0.15) is 42.7 Å². The molecule has 0 radical (unpaired) electrons. The highest BCUT2D eigenvalue weighted by molar-refractivity contribution is 5.69. The van der Waals surface area contributed by atoms with Crippen LogP contribution >= 0.6 is 0 Å². The molecule has 2 aliphatic rings. The van der Waals surface area contributed by atoms with E-state index < -0.39 is 85.4 Å². The third kappa shape index (κ3) is 9.72. The van der Waals surface area contributed by atoms with Crippen LogP contribution in [0.4, 0.5) is 0 Å². The Labute approximate surface area is 250 Å². The SMILES string of the molecule is CC1OC(CCCN(CCCCCC(=O)On2c(O)ccc2O)CCCC2OC(CO)C(O)C(O)C2O)C(O)C(O)C1O. The van der Waals surface area contributed by atoms with Gasteiger partial charge in [-0.15, -0.1) is 4.73 Å². The molecule has 248 valence electrons. The highest BCUT2D eigenvalue weighted by Crippen LogP contribution is 2.26. The van der Waals surface area contributed by atoms with E-state index in [2.05, 4.69) is 4.90 Å². The fourth-order valence-electron chi connectivity index (χ4n) is 5.58. The summed E-state index contributed by atoms with van der Waals surface area (Å²) in [6.07, 6.45) is -6.74. The maximum atomic E-state index is 12.1. The molecular weight excluding hydrogens is 572 g/mol. The Morgan fingerprint density at radius 3 is 1.84 bits per heavy atom. The summed E-state index contributed by atoms with van der Waals surface area (Å²) in [5.74, 6) is -1.39. The van der Waals surface area contributed by atoms with Crippen molar-refractivity contribution >= 4 is 5.97 Å². The van der Waals surface area contributed by atoms with Crippen molar-refractivity contribution in [2.75, 3.05) is 26.2 Å². The minimum atomic E-state index is -1.43. The predicted octanol–water partition coefficient (Wildman–Crippen LogP) is -2.01. The Morgan fingerprint density at radius 2 is 1.26 bits per heavy atom. The van der Waals surface area contributed by atoms with E-state index in [1.54, 1.807) is 6.92 Å². The van der Waals surface area contributed by atoms with Crippen LogP contribution in [0.1, 0.15) is 58.3 Å². The van der Waals surface area contributed by atoms with E-state index in [-0.39, 0.29) is 6.42 Å². The fraction of sp³-hybridized carbons (Fsp3) is 0.821. The van der Waals surface area contributed by atoms with Crippen LogP contribution in [0.5, 0.6) is 11.8 Å². The van der Waals surface area contributed by atoms with Gasteiger partial charge in [0.15, 0.2) is 0 Å². The predicted molar refractivity (Wildman–Crippen MR) is 149 cm³/mol. The zero-order valence-corrected chi connectivity index (χ0v) is 24.5. The molecule has 1 aromatic heterocycles. The zero-order chi connectivity index (χ0) is 31.7. The lowest BCUT2D eigenvalue weighted by Crippen LogP contribution is -2.58. The molecule has 0 saturated carbocycles. The third-order valence-corrected chi connectivity index (χ3v) is 8.21. The van der Waals surface area contributed by atoms with Crippen molar-refractivity contribution < 1.29 is 65.1 Å². The first kappa shape index (κ1) is 35.4. The Balaban J connectivity index is 1.47. The molecule has 9 N–H and O–H groups in total. The molecular formula is C28H48N2O13. The first-order valence-corrected chi connectivity index (χ1v) is 15.0. The average Bonchev–Trinajstić information content (AvgIpc) is 3.30. The summed E-state index contributed by atoms with van der Waals surface area (Å²) < 4.78 is 12.0. The summed E-state index contributed by atoms with van der Waals surface area (Å²) in [7, 11) is 0. The maximum absolute atomic E-state index is 12.1. The van der Waals surface area contributed by atoms with Crippen LogP contribution in [0.15, 0.2) is 12.1 Å². The number of aromatic hydroxyl groups is 2. The second-order valence-electron chi connectivity index (χ2n) is 11.5. The van der Waals surface area contributed by atoms with Crippen LogP contribution in [-0.4, -0.2) is 149 Å². The van der Waals surface area contributed by atoms with Crippen molar-refractivity contribution in [1.82, 2.24) is 9.63 Å². The highest BCUT2D eigenvalue weighted by atomic mass is 16.7. The first-order valence-electron chi connectivity index (χ1n) is 15.0. The minimum Gasteiger partial charge on any atom is -0.492 e. The molecule has 0 aliphatic carbocycles. The molecule has 43 heavy (non-hydrogen) atoms. The summed E-state index contributed by atoms with van der Waals surface area (Å²) in [5, 5.41) is 89.4. The minimum absolute atomic E-state index is 0.0808. The van der Waals surface area contributed by atoms with Gasteiger partial charge in [-0.25, -0.2) is 4.79 Å². The van der Waals surface area contributed by atoms with Crippen molar-refractivity contribution in [1.29, 1.82) is 0 Å². The van der Waals surface area contributed by atoms with Gasteiger partial charge in [-0.1, -0.05) is 6.42 Å². The van der Waals surface area contributed by atoms with Gasteiger partial charge in [0.25, 0.3) is 0 Å². The molecule has 1 aromatic rings. The number of carbonyl (C=O) groups excluding carboxylic acids is 1. The van der Waals surface area contributed by atoms with Crippen LogP contribution in [0.3, 0.4) is 0 Å². The first-order chi connectivity index (χ1) is 20.4. The van der Waals surface area contributed by atoms with Crippen LogP contribution in [-0.2, 0) is 14.3 Å². The van der Waals surface area contributed by atoms with E-state index in [4.69, 9.17) is 14.3 Å². The Bertz CT molecular complexity index is 959. The number of hydrogen-bond donors (Lipinski definition) is 9. The van der Waals surface area contributed by atoms with E-state index in [0.29, 0.717) is 62.9 Å². The van der Waals surface area contributed by atoms with Gasteiger partial charge in [-0.3, -0.25) is 0 Å². The lowest BCUT2D eigenvalue weighted by molar-refractivity contribution is -0.230.